The lowest BCUT2D eigenvalue weighted by Gasteiger charge is -2.19. The molecule has 0 radical (unpaired) electrons. The highest BCUT2D eigenvalue weighted by Crippen LogP contribution is 2.27. The van der Waals surface area contributed by atoms with Crippen LogP contribution in [0.15, 0.2) is 18.2 Å². The summed E-state index contributed by atoms with van der Waals surface area (Å²) in [6, 6.07) is 4.37. The molecule has 0 atom stereocenters. The van der Waals surface area contributed by atoms with Crippen molar-refractivity contribution in [1.29, 1.82) is 0 Å². The summed E-state index contributed by atoms with van der Waals surface area (Å²) in [4.78, 5) is 16.2. The number of aryl methyl sites for hydroxylation is 1. The van der Waals surface area contributed by atoms with Crippen molar-refractivity contribution in [2.45, 2.75) is 39.7 Å². The van der Waals surface area contributed by atoms with Crippen molar-refractivity contribution in [3.8, 4) is 0 Å². The summed E-state index contributed by atoms with van der Waals surface area (Å²) in [5.74, 6) is -0.382. The number of benzene rings is 1. The first-order valence-electron chi connectivity index (χ1n) is 7.03. The second-order valence-corrected chi connectivity index (χ2v) is 7.62. The molecule has 1 amide bonds. The molecule has 0 saturated heterocycles. The smallest absolute Gasteiger partial charge is 0.412 e. The molecule has 0 aliphatic heterocycles. The molecule has 1 heterocycles. The Morgan fingerprint density at radius 2 is 2.09 bits per heavy atom. The summed E-state index contributed by atoms with van der Waals surface area (Å²) >= 11 is 7.18. The molecule has 1 N–H and O–H groups in total. The summed E-state index contributed by atoms with van der Waals surface area (Å²) in [5, 5.41) is 4.42. The number of amides is 1. The molecule has 2 aromatic rings. The van der Waals surface area contributed by atoms with Crippen molar-refractivity contribution in [1.82, 2.24) is 4.98 Å². The molecule has 7 heteroatoms. The number of hydrogen-bond donors (Lipinski definition) is 1. The van der Waals surface area contributed by atoms with E-state index in [0.717, 1.165) is 10.6 Å². The van der Waals surface area contributed by atoms with Crippen molar-refractivity contribution in [3.63, 3.8) is 0 Å². The molecule has 4 nitrogen and oxygen atoms in total. The van der Waals surface area contributed by atoms with Gasteiger partial charge in [-0.25, -0.2) is 14.2 Å². The summed E-state index contributed by atoms with van der Waals surface area (Å²) in [6.07, 6.45) is -0.0801. The topological polar surface area (TPSA) is 51.2 Å². The van der Waals surface area contributed by atoms with Gasteiger partial charge in [0.2, 0.25) is 0 Å². The number of thiazole rings is 1. The first kappa shape index (κ1) is 17.7. The first-order chi connectivity index (χ1) is 10.6. The number of nitrogens with one attached hydrogen (secondary N) is 1. The zero-order valence-corrected chi connectivity index (χ0v) is 14.9. The van der Waals surface area contributed by atoms with Crippen LogP contribution in [0.25, 0.3) is 0 Å². The van der Waals surface area contributed by atoms with Crippen LogP contribution < -0.4 is 5.32 Å². The van der Waals surface area contributed by atoms with Crippen molar-refractivity contribution >= 4 is 34.0 Å². The van der Waals surface area contributed by atoms with Gasteiger partial charge in [0.15, 0.2) is 0 Å². The number of hydrogen-bond acceptors (Lipinski definition) is 4. The third kappa shape index (κ3) is 5.48. The summed E-state index contributed by atoms with van der Waals surface area (Å²) in [6.45, 7) is 7.19. The fraction of sp³-hybridized carbons (Fsp3) is 0.375. The monoisotopic (exact) mass is 356 g/mol. The van der Waals surface area contributed by atoms with Crippen LogP contribution in [0.5, 0.6) is 0 Å². The normalized spacial score (nSPS) is 11.4. The molecule has 2 rings (SSSR count). The summed E-state index contributed by atoms with van der Waals surface area (Å²) in [7, 11) is 0. The Hall–Kier alpha value is -1.66. The van der Waals surface area contributed by atoms with Gasteiger partial charge in [0.25, 0.3) is 0 Å². The minimum Gasteiger partial charge on any atom is -0.444 e. The van der Waals surface area contributed by atoms with Gasteiger partial charge in [0, 0.05) is 11.4 Å². The Morgan fingerprint density at radius 1 is 1.39 bits per heavy atom. The summed E-state index contributed by atoms with van der Waals surface area (Å²) in [5.41, 5.74) is 0.857. The third-order valence-electron chi connectivity index (χ3n) is 2.73. The van der Waals surface area contributed by atoms with Gasteiger partial charge in [-0.3, -0.25) is 5.32 Å². The standard InChI is InChI=1S/C16H18ClFN2O2S/c1-9-14(20-15(21)22-16(2,3)4)23-13(19-9)7-10-5-11(17)8-12(18)6-10/h5-6,8H,7H2,1-4H3,(H,20,21). The van der Waals surface area contributed by atoms with Crippen LogP contribution in [0, 0.1) is 12.7 Å². The Labute approximate surface area is 143 Å². The second-order valence-electron chi connectivity index (χ2n) is 6.10. The van der Waals surface area contributed by atoms with E-state index in [1.807, 2.05) is 0 Å². The minimum atomic E-state index is -0.566. The molecule has 124 valence electrons. The van der Waals surface area contributed by atoms with E-state index in [4.69, 9.17) is 16.3 Å². The lowest BCUT2D eigenvalue weighted by molar-refractivity contribution is 0.0636. The van der Waals surface area contributed by atoms with Crippen LogP contribution >= 0.6 is 22.9 Å². The molecule has 0 fully saturated rings. The zero-order valence-electron chi connectivity index (χ0n) is 13.4. The molecule has 0 unspecified atom stereocenters. The highest BCUT2D eigenvalue weighted by Gasteiger charge is 2.18. The highest BCUT2D eigenvalue weighted by atomic mass is 35.5. The van der Waals surface area contributed by atoms with Gasteiger partial charge in [0.1, 0.15) is 16.4 Å². The van der Waals surface area contributed by atoms with E-state index < -0.39 is 11.7 Å². The van der Waals surface area contributed by atoms with E-state index in [2.05, 4.69) is 10.3 Å². The average Bonchev–Trinajstić information content (AvgIpc) is 2.65. The van der Waals surface area contributed by atoms with Crippen molar-refractivity contribution < 1.29 is 13.9 Å². The summed E-state index contributed by atoms with van der Waals surface area (Å²) < 4.78 is 18.6. The average molecular weight is 357 g/mol. The molecule has 1 aromatic heterocycles. The predicted molar refractivity (Wildman–Crippen MR) is 90.9 cm³/mol. The van der Waals surface area contributed by atoms with E-state index in [0.29, 0.717) is 22.1 Å². The number of anilines is 1. The van der Waals surface area contributed by atoms with Crippen LogP contribution in [0.3, 0.4) is 0 Å². The number of nitrogens with zero attached hydrogens (tertiary/aromatic N) is 1. The van der Waals surface area contributed by atoms with Crippen molar-refractivity contribution in [3.05, 3.63) is 45.3 Å². The van der Waals surface area contributed by atoms with Gasteiger partial charge in [0.05, 0.1) is 10.7 Å². The SMILES string of the molecule is Cc1nc(Cc2cc(F)cc(Cl)c2)sc1NC(=O)OC(C)(C)C. The lowest BCUT2D eigenvalue weighted by Crippen LogP contribution is -2.27. The number of aromatic nitrogens is 1. The molecule has 1 aromatic carbocycles. The number of carbonyl (C=O) groups excluding carboxylic acids is 1. The van der Waals surface area contributed by atoms with Gasteiger partial charge in [-0.05, 0) is 51.5 Å². The first-order valence-corrected chi connectivity index (χ1v) is 8.23. The maximum atomic E-state index is 13.4. The zero-order chi connectivity index (χ0) is 17.2. The quantitative estimate of drug-likeness (QED) is 0.824. The fourth-order valence-corrected chi connectivity index (χ4v) is 3.16. The Kier molecular flexibility index (Phi) is 5.26. The van der Waals surface area contributed by atoms with Crippen LogP contribution in [-0.4, -0.2) is 16.7 Å². The van der Waals surface area contributed by atoms with E-state index in [9.17, 15) is 9.18 Å². The minimum absolute atomic E-state index is 0.348. The molecule has 0 bridgehead atoms. The van der Waals surface area contributed by atoms with Crippen molar-refractivity contribution in [2.24, 2.45) is 0 Å². The van der Waals surface area contributed by atoms with Crippen LogP contribution in [0.2, 0.25) is 5.02 Å². The largest absolute Gasteiger partial charge is 0.444 e. The number of halogens is 2. The van der Waals surface area contributed by atoms with E-state index in [1.165, 1.54) is 23.5 Å². The van der Waals surface area contributed by atoms with Crippen LogP contribution in [0.4, 0.5) is 14.2 Å². The van der Waals surface area contributed by atoms with E-state index in [-0.39, 0.29) is 5.82 Å². The van der Waals surface area contributed by atoms with Gasteiger partial charge in [-0.1, -0.05) is 11.6 Å². The van der Waals surface area contributed by atoms with E-state index in [1.54, 1.807) is 33.8 Å². The molecule has 0 aliphatic carbocycles. The Morgan fingerprint density at radius 3 is 2.70 bits per heavy atom. The van der Waals surface area contributed by atoms with Gasteiger partial charge in [-0.15, -0.1) is 11.3 Å². The Bertz CT molecular complexity index is 705. The second kappa shape index (κ2) is 6.84. The molecule has 0 saturated carbocycles. The number of ether oxygens (including phenoxy) is 1. The molecule has 0 aliphatic rings. The lowest BCUT2D eigenvalue weighted by atomic mass is 10.1. The van der Waals surface area contributed by atoms with Gasteiger partial charge in [-0.2, -0.15) is 0 Å². The van der Waals surface area contributed by atoms with Gasteiger partial charge < -0.3 is 4.74 Å². The third-order valence-corrected chi connectivity index (χ3v) is 4.02. The predicted octanol–water partition coefficient (Wildman–Crippen LogP) is 5.18. The van der Waals surface area contributed by atoms with E-state index >= 15 is 0 Å². The maximum Gasteiger partial charge on any atom is 0.412 e. The van der Waals surface area contributed by atoms with Gasteiger partial charge >= 0.3 is 6.09 Å². The molecule has 0 spiro atoms. The highest BCUT2D eigenvalue weighted by molar-refractivity contribution is 7.16. The van der Waals surface area contributed by atoms with Crippen molar-refractivity contribution in [2.75, 3.05) is 5.32 Å². The number of rotatable bonds is 3. The Balaban J connectivity index is 2.10. The molecular formula is C16H18ClFN2O2S. The number of carbonyl (C=O) groups is 1. The van der Waals surface area contributed by atoms with Crippen LogP contribution in [-0.2, 0) is 11.2 Å². The van der Waals surface area contributed by atoms with Crippen LogP contribution in [0.1, 0.15) is 37.0 Å². The maximum absolute atomic E-state index is 13.4. The molecular weight excluding hydrogens is 339 g/mol. The fourth-order valence-electron chi connectivity index (χ4n) is 1.93. The molecule has 23 heavy (non-hydrogen) atoms.